The van der Waals surface area contributed by atoms with Gasteiger partial charge in [0.05, 0.1) is 41.8 Å². The van der Waals surface area contributed by atoms with E-state index in [1.165, 1.54) is 0 Å². The lowest BCUT2D eigenvalue weighted by molar-refractivity contribution is 0.0927. The molecule has 76 heavy (non-hydrogen) atoms. The van der Waals surface area contributed by atoms with E-state index in [4.69, 9.17) is 13.8 Å². The van der Waals surface area contributed by atoms with Crippen molar-refractivity contribution in [3.05, 3.63) is 132 Å². The van der Waals surface area contributed by atoms with Crippen LogP contribution in [-0.2, 0) is 38.0 Å². The van der Waals surface area contributed by atoms with Crippen molar-refractivity contribution < 1.29 is 23.5 Å². The Hall–Kier alpha value is -7.88. The number of ketones is 2. The summed E-state index contributed by atoms with van der Waals surface area (Å²) in [5.41, 5.74) is 9.10. The van der Waals surface area contributed by atoms with Gasteiger partial charge in [-0.15, -0.1) is 20.4 Å². The predicted octanol–water partition coefficient (Wildman–Crippen LogP) is 8.64. The third-order valence-electron chi connectivity index (χ3n) is 13.1. The van der Waals surface area contributed by atoms with Crippen LogP contribution >= 0.6 is 0 Å². The SMILES string of the molecule is C.Cn1cc(Nc2nccc(-c3ccc4c(c3)CN(CCO)CCC4CC(=O)c3nnc(C(C)(C)C)o3)n2)cn1.Cn1cc(Nc2nccc(-c3ccc4c(c3)CNCCC4CC(=O)c3nnc(C(C)(C)C)o3)n2)cn1. The minimum atomic E-state index is -0.323. The number of aliphatic hydroxyl groups excluding tert-OH is 1. The number of aryl methyl sites for hydroxylation is 2. The molecule has 2 aliphatic rings. The van der Waals surface area contributed by atoms with Crippen LogP contribution in [0.4, 0.5) is 23.3 Å². The molecule has 2 aliphatic heterocycles. The maximum atomic E-state index is 13.2. The van der Waals surface area contributed by atoms with Crippen LogP contribution in [0.1, 0.15) is 142 Å². The Morgan fingerprint density at radius 2 is 1.20 bits per heavy atom. The predicted molar refractivity (Wildman–Crippen MR) is 287 cm³/mol. The van der Waals surface area contributed by atoms with Crippen molar-refractivity contribution in [2.24, 2.45) is 14.1 Å². The topological polar surface area (TPSA) is 259 Å². The summed E-state index contributed by atoms with van der Waals surface area (Å²) in [5.74, 6) is 1.83. The van der Waals surface area contributed by atoms with Gasteiger partial charge in [-0.1, -0.05) is 73.2 Å². The largest absolute Gasteiger partial charge is 0.418 e. The smallest absolute Gasteiger partial charge is 0.284 e. The van der Waals surface area contributed by atoms with Crippen LogP contribution in [0, 0.1) is 0 Å². The summed E-state index contributed by atoms with van der Waals surface area (Å²) >= 11 is 0. The standard InChI is InChI=1S/C28H34N8O3.C26H30N8O2.CH4/c1-28(2,3)26-34-33-25(39-26)24(38)14-18-8-10-36(11-12-37)16-20-13-19(5-6-22(18)20)23-7-9-29-27(32-23)31-21-15-30-35(4)17-21;1-26(2,3)24-33-32-23(36-24)22(35)12-16-7-9-27-13-18-11-17(5-6-20(16)18)21-8-10-28-25(31-21)30-19-14-29-34(4)15-19;/h5-7,9,13,15,17-18,37H,8,10-12,14,16H2,1-4H3,(H,29,31,32);5-6,8,10-11,14-16,27H,7,9,12-13H2,1-4H3,(H,28,30,31);1H4. The molecule has 0 saturated heterocycles. The Bertz CT molecular complexity index is 3270. The molecule has 0 aliphatic carbocycles. The number of rotatable bonds is 14. The normalized spacial score (nSPS) is 15.8. The average molecular weight is 1030 g/mol. The molecule has 10 rings (SSSR count). The summed E-state index contributed by atoms with van der Waals surface area (Å²) in [4.78, 5) is 46.5. The van der Waals surface area contributed by atoms with Crippen LogP contribution in [-0.4, -0.2) is 108 Å². The van der Waals surface area contributed by atoms with Gasteiger partial charge in [-0.2, -0.15) is 10.2 Å². The molecule has 398 valence electrons. The van der Waals surface area contributed by atoms with E-state index in [2.05, 4.69) is 96.7 Å². The van der Waals surface area contributed by atoms with Crippen molar-refractivity contribution in [1.82, 2.24) is 70.1 Å². The average Bonchev–Trinajstić information content (AvgIpc) is 4.21. The lowest BCUT2D eigenvalue weighted by atomic mass is 9.87. The number of aromatic nitrogens is 12. The quantitative estimate of drug-likeness (QED) is 0.0743. The monoisotopic (exact) mass is 1030 g/mol. The van der Waals surface area contributed by atoms with Gasteiger partial charge in [-0.05, 0) is 84.3 Å². The van der Waals surface area contributed by atoms with E-state index >= 15 is 0 Å². The molecule has 2 atom stereocenters. The second-order valence-electron chi connectivity index (χ2n) is 21.1. The first-order chi connectivity index (χ1) is 35.9. The van der Waals surface area contributed by atoms with E-state index in [9.17, 15) is 14.7 Å². The van der Waals surface area contributed by atoms with Crippen molar-refractivity contribution in [1.29, 1.82) is 0 Å². The fraction of sp³-hybridized carbons (Fsp3) is 0.418. The van der Waals surface area contributed by atoms with Crippen molar-refractivity contribution in [2.45, 2.75) is 110 Å². The van der Waals surface area contributed by atoms with Crippen molar-refractivity contribution in [3.8, 4) is 22.5 Å². The van der Waals surface area contributed by atoms with Gasteiger partial charge in [-0.25, -0.2) is 19.9 Å². The number of β-amino-alcohol motifs (C(OH)–C–C–N with tert-alkyl or cyclic N) is 1. The summed E-state index contributed by atoms with van der Waals surface area (Å²) in [6.45, 7) is 15.5. The molecule has 2 aromatic carbocycles. The molecule has 6 aromatic heterocycles. The van der Waals surface area contributed by atoms with E-state index < -0.39 is 0 Å². The Balaban J connectivity index is 0.000000199. The van der Waals surface area contributed by atoms with Gasteiger partial charge >= 0.3 is 0 Å². The van der Waals surface area contributed by atoms with E-state index in [0.29, 0.717) is 43.2 Å². The molecular weight excluding hydrogens is 965 g/mol. The molecular formula is C55H68N16O5. The van der Waals surface area contributed by atoms with Gasteiger partial charge in [0.1, 0.15) is 0 Å². The van der Waals surface area contributed by atoms with Gasteiger partial charge in [0, 0.05) is 93.3 Å². The fourth-order valence-electron chi connectivity index (χ4n) is 9.13. The highest BCUT2D eigenvalue weighted by molar-refractivity contribution is 5.92. The molecule has 2 unspecified atom stereocenters. The highest BCUT2D eigenvalue weighted by atomic mass is 16.4. The van der Waals surface area contributed by atoms with Crippen molar-refractivity contribution in [2.75, 3.05) is 36.9 Å². The van der Waals surface area contributed by atoms with Crippen LogP contribution in [0.25, 0.3) is 22.5 Å². The second kappa shape index (κ2) is 23.3. The molecule has 0 fully saturated rings. The Labute approximate surface area is 442 Å². The number of hydrogen-bond donors (Lipinski definition) is 4. The van der Waals surface area contributed by atoms with E-state index in [1.54, 1.807) is 34.2 Å². The second-order valence-corrected chi connectivity index (χ2v) is 21.1. The first-order valence-electron chi connectivity index (χ1n) is 25.2. The Morgan fingerprint density at radius 1 is 0.697 bits per heavy atom. The summed E-state index contributed by atoms with van der Waals surface area (Å²) in [7, 11) is 3.71. The summed E-state index contributed by atoms with van der Waals surface area (Å²) in [6.07, 6.45) is 12.9. The minimum absolute atomic E-state index is 0. The van der Waals surface area contributed by atoms with Gasteiger partial charge < -0.3 is 29.9 Å². The number of aliphatic hydroxyl groups is 1. The number of nitrogens with zero attached hydrogens (tertiary/aromatic N) is 13. The van der Waals surface area contributed by atoms with Crippen LogP contribution in [0.2, 0.25) is 0 Å². The molecule has 0 amide bonds. The molecule has 21 heteroatoms. The molecule has 0 radical (unpaired) electrons. The summed E-state index contributed by atoms with van der Waals surface area (Å²) < 4.78 is 14.8. The van der Waals surface area contributed by atoms with Crippen LogP contribution in [0.15, 0.2) is 94.5 Å². The zero-order chi connectivity index (χ0) is 52.9. The van der Waals surface area contributed by atoms with Gasteiger partial charge in [0.2, 0.25) is 35.2 Å². The van der Waals surface area contributed by atoms with Gasteiger partial charge in [-0.3, -0.25) is 23.9 Å². The number of carbonyl (C=O) groups is 2. The Kier molecular flexibility index (Phi) is 16.7. The maximum Gasteiger partial charge on any atom is 0.284 e. The minimum Gasteiger partial charge on any atom is -0.418 e. The van der Waals surface area contributed by atoms with Gasteiger partial charge in [0.15, 0.2) is 0 Å². The number of carbonyl (C=O) groups excluding carboxylic acids is 2. The number of anilines is 4. The molecule has 8 heterocycles. The number of fused-ring (bicyclic) bond motifs is 2. The molecule has 4 N–H and O–H groups in total. The zero-order valence-electron chi connectivity index (χ0n) is 43.7. The molecule has 21 nitrogen and oxygen atoms in total. The molecule has 0 spiro atoms. The molecule has 0 bridgehead atoms. The molecule has 8 aromatic rings. The van der Waals surface area contributed by atoms with Crippen LogP contribution in [0.5, 0.6) is 0 Å². The van der Waals surface area contributed by atoms with Crippen LogP contribution < -0.4 is 16.0 Å². The number of hydrogen-bond acceptors (Lipinski definition) is 19. The highest BCUT2D eigenvalue weighted by Gasteiger charge is 2.31. The zero-order valence-corrected chi connectivity index (χ0v) is 43.7. The van der Waals surface area contributed by atoms with E-state index in [1.807, 2.05) is 86.2 Å². The maximum absolute atomic E-state index is 13.2. The lowest BCUT2D eigenvalue weighted by Gasteiger charge is -2.19. The first kappa shape index (κ1) is 54.4. The third kappa shape index (κ3) is 13.3. The number of benzene rings is 2. The van der Waals surface area contributed by atoms with E-state index in [0.717, 1.165) is 88.6 Å². The summed E-state index contributed by atoms with van der Waals surface area (Å²) in [5, 5.41) is 44.0. The molecule has 0 saturated carbocycles. The lowest BCUT2D eigenvalue weighted by Crippen LogP contribution is -2.26. The third-order valence-corrected chi connectivity index (χ3v) is 13.1. The fourth-order valence-corrected chi connectivity index (χ4v) is 9.13. The van der Waals surface area contributed by atoms with Gasteiger partial charge in [0.25, 0.3) is 11.8 Å². The number of Topliss-reactive ketones (excluding diaryl/α,β-unsaturated/α-hetero) is 2. The van der Waals surface area contributed by atoms with E-state index in [-0.39, 0.29) is 66.5 Å². The van der Waals surface area contributed by atoms with Crippen molar-refractivity contribution in [3.63, 3.8) is 0 Å². The first-order valence-corrected chi connectivity index (χ1v) is 25.2. The van der Waals surface area contributed by atoms with Crippen LogP contribution in [0.3, 0.4) is 0 Å². The summed E-state index contributed by atoms with van der Waals surface area (Å²) in [6, 6.07) is 16.3. The van der Waals surface area contributed by atoms with Crippen molar-refractivity contribution >= 4 is 34.8 Å². The Morgan fingerprint density at radius 3 is 1.67 bits per heavy atom. The highest BCUT2D eigenvalue weighted by Crippen LogP contribution is 2.36. The number of nitrogens with one attached hydrogen (secondary N) is 3.